The van der Waals surface area contributed by atoms with Crippen LogP contribution in [0.5, 0.6) is 0 Å². The van der Waals surface area contributed by atoms with Gasteiger partial charge in [-0.25, -0.2) is 17.8 Å². The largest absolute Gasteiger partial charge is 0.355 e. The van der Waals surface area contributed by atoms with Gasteiger partial charge in [0.1, 0.15) is 0 Å². The molecule has 1 unspecified atom stereocenters. The normalized spacial score (nSPS) is 23.4. The fraction of sp³-hybridized carbons (Fsp3) is 0.647. The number of rotatable bonds is 5. The summed E-state index contributed by atoms with van der Waals surface area (Å²) in [6, 6.07) is 3.18. The molecule has 0 aromatic carbocycles. The van der Waals surface area contributed by atoms with E-state index in [0.717, 1.165) is 19.5 Å². The van der Waals surface area contributed by atoms with E-state index in [1.807, 2.05) is 4.90 Å². The molecule has 27 heavy (non-hydrogen) atoms. The molecule has 8 nitrogen and oxygen atoms in total. The van der Waals surface area contributed by atoms with Crippen molar-refractivity contribution in [2.45, 2.75) is 12.5 Å². The number of guanidine groups is 1. The van der Waals surface area contributed by atoms with E-state index in [4.69, 9.17) is 0 Å². The number of nitrogens with one attached hydrogen (secondary N) is 2. The lowest BCUT2D eigenvalue weighted by Crippen LogP contribution is -2.48. The average Bonchev–Trinajstić information content (AvgIpc) is 3.11. The Labute approximate surface area is 159 Å². The molecule has 0 amide bonds. The summed E-state index contributed by atoms with van der Waals surface area (Å²) in [5, 5.41) is 6.64. The summed E-state index contributed by atoms with van der Waals surface area (Å²) in [6.07, 6.45) is 2.48. The molecule has 2 saturated heterocycles. The predicted octanol–water partition coefficient (Wildman–Crippen LogP) is -0.305. The van der Waals surface area contributed by atoms with Crippen molar-refractivity contribution < 1.29 is 12.8 Å². The van der Waals surface area contributed by atoms with Crippen molar-refractivity contribution in [3.63, 3.8) is 0 Å². The SMILES string of the molecule is CN=C(NCCN1CCS(=O)(=O)CC1)NC1CCN(c2ncccc2F)C1. The Morgan fingerprint density at radius 1 is 1.37 bits per heavy atom. The number of hydrogen-bond donors (Lipinski definition) is 2. The summed E-state index contributed by atoms with van der Waals surface area (Å²) < 4.78 is 36.8. The Hall–Kier alpha value is -1.94. The maximum absolute atomic E-state index is 13.9. The van der Waals surface area contributed by atoms with Crippen molar-refractivity contribution in [3.8, 4) is 0 Å². The van der Waals surface area contributed by atoms with Crippen LogP contribution in [0.2, 0.25) is 0 Å². The first kappa shape index (κ1) is 19.8. The van der Waals surface area contributed by atoms with Crippen LogP contribution in [0.15, 0.2) is 23.3 Å². The molecule has 3 rings (SSSR count). The zero-order valence-corrected chi connectivity index (χ0v) is 16.4. The molecule has 0 spiro atoms. The summed E-state index contributed by atoms with van der Waals surface area (Å²) in [7, 11) is -1.13. The Morgan fingerprint density at radius 2 is 2.15 bits per heavy atom. The first-order valence-electron chi connectivity index (χ1n) is 9.22. The van der Waals surface area contributed by atoms with Gasteiger partial charge in [0.25, 0.3) is 0 Å². The van der Waals surface area contributed by atoms with Crippen LogP contribution in [0, 0.1) is 5.82 Å². The third-order valence-corrected chi connectivity index (χ3v) is 6.56. The number of nitrogens with zero attached hydrogens (tertiary/aromatic N) is 4. The van der Waals surface area contributed by atoms with Crippen LogP contribution in [0.4, 0.5) is 10.2 Å². The number of hydrogen-bond acceptors (Lipinski definition) is 6. The molecule has 2 aliphatic rings. The van der Waals surface area contributed by atoms with E-state index in [2.05, 4.69) is 25.5 Å². The van der Waals surface area contributed by atoms with E-state index >= 15 is 0 Å². The second kappa shape index (κ2) is 8.83. The van der Waals surface area contributed by atoms with Crippen LogP contribution >= 0.6 is 0 Å². The van der Waals surface area contributed by atoms with Gasteiger partial charge < -0.3 is 15.5 Å². The Morgan fingerprint density at radius 3 is 2.85 bits per heavy atom. The minimum atomic E-state index is -2.84. The number of sulfone groups is 1. The number of aromatic nitrogens is 1. The van der Waals surface area contributed by atoms with Gasteiger partial charge in [-0.2, -0.15) is 0 Å². The second-order valence-electron chi connectivity index (χ2n) is 6.88. The summed E-state index contributed by atoms with van der Waals surface area (Å²) in [6.45, 7) is 4.03. The number of anilines is 1. The Kier molecular flexibility index (Phi) is 6.48. The highest BCUT2D eigenvalue weighted by Gasteiger charge is 2.26. The van der Waals surface area contributed by atoms with Crippen LogP contribution in [-0.2, 0) is 9.84 Å². The van der Waals surface area contributed by atoms with E-state index in [9.17, 15) is 12.8 Å². The van der Waals surface area contributed by atoms with Crippen molar-refractivity contribution in [3.05, 3.63) is 24.1 Å². The molecule has 0 radical (unpaired) electrons. The van der Waals surface area contributed by atoms with Gasteiger partial charge in [-0.15, -0.1) is 0 Å². The molecule has 10 heteroatoms. The molecule has 1 aromatic heterocycles. The van der Waals surface area contributed by atoms with E-state index in [0.29, 0.717) is 38.0 Å². The monoisotopic (exact) mass is 398 g/mol. The highest BCUT2D eigenvalue weighted by Crippen LogP contribution is 2.20. The minimum absolute atomic E-state index is 0.165. The van der Waals surface area contributed by atoms with Gasteiger partial charge in [0.2, 0.25) is 0 Å². The third-order valence-electron chi connectivity index (χ3n) is 4.95. The van der Waals surface area contributed by atoms with Crippen molar-refractivity contribution in [1.82, 2.24) is 20.5 Å². The van der Waals surface area contributed by atoms with Crippen molar-refractivity contribution in [1.29, 1.82) is 0 Å². The molecule has 2 aliphatic heterocycles. The molecular formula is C17H27FN6O2S. The standard InChI is InChI=1S/C17H27FN6O2S/c1-19-17(21-6-8-23-9-11-27(25,26)12-10-23)22-14-4-7-24(13-14)16-15(18)3-2-5-20-16/h2-3,5,14H,4,6-13H2,1H3,(H2,19,21,22). The quantitative estimate of drug-likeness (QED) is 0.520. The Bertz CT molecular complexity index is 758. The Balaban J connectivity index is 1.41. The molecule has 3 heterocycles. The van der Waals surface area contributed by atoms with Gasteiger partial charge in [0.15, 0.2) is 27.4 Å². The van der Waals surface area contributed by atoms with Crippen molar-refractivity contribution in [2.24, 2.45) is 4.99 Å². The third kappa shape index (κ3) is 5.52. The first-order valence-corrected chi connectivity index (χ1v) is 11.0. The summed E-state index contributed by atoms with van der Waals surface area (Å²) in [5.74, 6) is 1.27. The second-order valence-corrected chi connectivity index (χ2v) is 9.18. The van der Waals surface area contributed by atoms with E-state index in [-0.39, 0.29) is 23.4 Å². The summed E-state index contributed by atoms with van der Waals surface area (Å²) in [4.78, 5) is 12.5. The molecule has 150 valence electrons. The molecule has 0 saturated carbocycles. The number of halogens is 1. The molecule has 1 aromatic rings. The van der Waals surface area contributed by atoms with Crippen LogP contribution in [0.3, 0.4) is 0 Å². The van der Waals surface area contributed by atoms with E-state index in [1.165, 1.54) is 6.07 Å². The topological polar surface area (TPSA) is 89.9 Å². The van der Waals surface area contributed by atoms with Crippen LogP contribution < -0.4 is 15.5 Å². The van der Waals surface area contributed by atoms with E-state index in [1.54, 1.807) is 19.3 Å². The molecule has 2 fully saturated rings. The lowest BCUT2D eigenvalue weighted by atomic mass is 10.3. The van der Waals surface area contributed by atoms with Gasteiger partial charge in [-0.05, 0) is 18.6 Å². The lowest BCUT2D eigenvalue weighted by Gasteiger charge is -2.27. The van der Waals surface area contributed by atoms with Crippen LogP contribution in [0.25, 0.3) is 0 Å². The molecule has 0 bridgehead atoms. The fourth-order valence-electron chi connectivity index (χ4n) is 3.37. The summed E-state index contributed by atoms with van der Waals surface area (Å²) in [5.41, 5.74) is 0. The number of aliphatic imine (C=N–C) groups is 1. The predicted molar refractivity (Wildman–Crippen MR) is 104 cm³/mol. The van der Waals surface area contributed by atoms with Crippen LogP contribution in [-0.4, -0.2) is 88.1 Å². The van der Waals surface area contributed by atoms with Gasteiger partial charge in [0.05, 0.1) is 11.5 Å². The van der Waals surface area contributed by atoms with Gasteiger partial charge in [-0.3, -0.25) is 9.89 Å². The average molecular weight is 399 g/mol. The molecular weight excluding hydrogens is 371 g/mol. The van der Waals surface area contributed by atoms with Gasteiger partial charge in [0, 0.05) is 58.6 Å². The fourth-order valence-corrected chi connectivity index (χ4v) is 4.65. The first-order chi connectivity index (χ1) is 13.0. The number of pyridine rings is 1. The van der Waals surface area contributed by atoms with Crippen molar-refractivity contribution in [2.75, 3.05) is 62.7 Å². The molecule has 1 atom stereocenters. The van der Waals surface area contributed by atoms with Gasteiger partial charge >= 0.3 is 0 Å². The highest BCUT2D eigenvalue weighted by atomic mass is 32.2. The van der Waals surface area contributed by atoms with Gasteiger partial charge in [-0.1, -0.05) is 0 Å². The highest BCUT2D eigenvalue weighted by molar-refractivity contribution is 7.91. The minimum Gasteiger partial charge on any atom is -0.355 e. The zero-order valence-electron chi connectivity index (χ0n) is 15.6. The lowest BCUT2D eigenvalue weighted by molar-refractivity contribution is 0.299. The smallest absolute Gasteiger partial charge is 0.191 e. The zero-order chi connectivity index (χ0) is 19.3. The summed E-state index contributed by atoms with van der Waals surface area (Å²) >= 11 is 0. The van der Waals surface area contributed by atoms with Crippen LogP contribution in [0.1, 0.15) is 6.42 Å². The molecule has 0 aliphatic carbocycles. The van der Waals surface area contributed by atoms with E-state index < -0.39 is 9.84 Å². The maximum Gasteiger partial charge on any atom is 0.191 e. The molecule has 2 N–H and O–H groups in total. The maximum atomic E-state index is 13.9. The van der Waals surface area contributed by atoms with Crippen molar-refractivity contribution >= 4 is 21.6 Å².